The summed E-state index contributed by atoms with van der Waals surface area (Å²) >= 11 is 5.79. The van der Waals surface area contributed by atoms with Gasteiger partial charge >= 0.3 is 5.97 Å². The number of hydrogen-bond donors (Lipinski definition) is 2. The second-order valence-corrected chi connectivity index (χ2v) is 5.43. The molecule has 0 amide bonds. The van der Waals surface area contributed by atoms with Gasteiger partial charge in [0.1, 0.15) is 0 Å². The van der Waals surface area contributed by atoms with Crippen molar-refractivity contribution in [3.8, 4) is 11.1 Å². The zero-order chi connectivity index (χ0) is 17.0. The molecule has 0 fully saturated rings. The molecule has 0 aliphatic heterocycles. The van der Waals surface area contributed by atoms with Crippen LogP contribution < -0.4 is 0 Å². The fourth-order valence-corrected chi connectivity index (χ4v) is 2.38. The zero-order valence-electron chi connectivity index (χ0n) is 12.0. The molecule has 1 atom stereocenters. The van der Waals surface area contributed by atoms with Crippen molar-refractivity contribution < 1.29 is 19.9 Å². The summed E-state index contributed by atoms with van der Waals surface area (Å²) in [5.74, 6) is -0.975. The lowest BCUT2D eigenvalue weighted by atomic mass is 9.99. The fourth-order valence-electron chi connectivity index (χ4n) is 2.21. The number of rotatable bonds is 6. The highest BCUT2D eigenvalue weighted by Gasteiger charge is 2.16. The maximum atomic E-state index is 11.1. The van der Waals surface area contributed by atoms with Crippen molar-refractivity contribution in [3.05, 3.63) is 63.2 Å². The quantitative estimate of drug-likeness (QED) is 0.617. The molecular weight excluding hydrogens is 322 g/mol. The van der Waals surface area contributed by atoms with E-state index in [1.807, 2.05) is 0 Å². The van der Waals surface area contributed by atoms with Crippen molar-refractivity contribution in [2.24, 2.45) is 0 Å². The molecule has 0 saturated carbocycles. The van der Waals surface area contributed by atoms with Crippen LogP contribution in [0.2, 0.25) is 5.02 Å². The molecule has 120 valence electrons. The molecule has 1 unspecified atom stereocenters. The lowest BCUT2D eigenvalue weighted by Gasteiger charge is -2.11. The van der Waals surface area contributed by atoms with E-state index in [1.54, 1.807) is 36.4 Å². The van der Waals surface area contributed by atoms with Crippen molar-refractivity contribution in [1.82, 2.24) is 0 Å². The van der Waals surface area contributed by atoms with Crippen LogP contribution in [0.25, 0.3) is 11.1 Å². The monoisotopic (exact) mass is 335 g/mol. The van der Waals surface area contributed by atoms with E-state index >= 15 is 0 Å². The van der Waals surface area contributed by atoms with Crippen molar-refractivity contribution in [2.45, 2.75) is 18.9 Å². The molecule has 0 saturated heterocycles. The number of nitro groups is 1. The molecule has 0 radical (unpaired) electrons. The van der Waals surface area contributed by atoms with E-state index in [4.69, 9.17) is 16.7 Å². The van der Waals surface area contributed by atoms with Gasteiger partial charge < -0.3 is 10.2 Å². The molecule has 7 heteroatoms. The first-order valence-corrected chi connectivity index (χ1v) is 7.20. The van der Waals surface area contributed by atoms with Crippen LogP contribution in [0.3, 0.4) is 0 Å². The van der Waals surface area contributed by atoms with Gasteiger partial charge in [-0.15, -0.1) is 0 Å². The number of aliphatic hydroxyl groups excluding tert-OH is 1. The smallest absolute Gasteiger partial charge is 0.303 e. The molecule has 2 rings (SSSR count). The summed E-state index contributed by atoms with van der Waals surface area (Å²) in [6.45, 7) is 0. The third kappa shape index (κ3) is 4.28. The van der Waals surface area contributed by atoms with Crippen LogP contribution in [0.15, 0.2) is 42.5 Å². The van der Waals surface area contributed by atoms with Gasteiger partial charge in [-0.3, -0.25) is 14.9 Å². The highest BCUT2D eigenvalue weighted by atomic mass is 35.5. The number of carboxylic acids is 1. The minimum Gasteiger partial charge on any atom is -0.481 e. The predicted octanol–water partition coefficient (Wildman–Crippen LogP) is 3.81. The number of halogens is 1. The summed E-state index contributed by atoms with van der Waals surface area (Å²) in [4.78, 5) is 21.1. The first-order valence-electron chi connectivity index (χ1n) is 6.82. The van der Waals surface area contributed by atoms with Crippen LogP contribution in [-0.2, 0) is 4.79 Å². The average molecular weight is 336 g/mol. The molecule has 0 aromatic heterocycles. The predicted molar refractivity (Wildman–Crippen MR) is 85.4 cm³/mol. The van der Waals surface area contributed by atoms with Crippen molar-refractivity contribution >= 4 is 23.3 Å². The summed E-state index contributed by atoms with van der Waals surface area (Å²) < 4.78 is 0. The van der Waals surface area contributed by atoms with E-state index in [9.17, 15) is 20.0 Å². The Labute approximate surface area is 137 Å². The van der Waals surface area contributed by atoms with Crippen LogP contribution >= 0.6 is 11.6 Å². The van der Waals surface area contributed by atoms with Crippen molar-refractivity contribution in [2.75, 3.05) is 0 Å². The van der Waals surface area contributed by atoms with Gasteiger partial charge in [-0.1, -0.05) is 35.9 Å². The number of carbonyl (C=O) groups is 1. The van der Waals surface area contributed by atoms with E-state index in [2.05, 4.69) is 0 Å². The lowest BCUT2D eigenvalue weighted by Crippen LogP contribution is -2.02. The highest BCUT2D eigenvalue weighted by Crippen LogP contribution is 2.33. The maximum absolute atomic E-state index is 11.1. The van der Waals surface area contributed by atoms with Gasteiger partial charge in [-0.25, -0.2) is 0 Å². The summed E-state index contributed by atoms with van der Waals surface area (Å²) in [5, 5.41) is 29.9. The molecule has 0 spiro atoms. The number of aliphatic hydroxyl groups is 1. The third-order valence-corrected chi connectivity index (χ3v) is 3.63. The van der Waals surface area contributed by atoms with Gasteiger partial charge in [-0.05, 0) is 29.7 Å². The normalized spacial score (nSPS) is 11.9. The highest BCUT2D eigenvalue weighted by molar-refractivity contribution is 6.30. The fraction of sp³-hybridized carbons (Fsp3) is 0.188. The number of aliphatic carboxylic acids is 1. The Hall–Kier alpha value is -2.44. The minimum atomic E-state index is -0.975. The van der Waals surface area contributed by atoms with E-state index < -0.39 is 17.0 Å². The van der Waals surface area contributed by atoms with Gasteiger partial charge in [0.05, 0.1) is 16.6 Å². The van der Waals surface area contributed by atoms with E-state index in [0.29, 0.717) is 16.7 Å². The minimum absolute atomic E-state index is 0.100. The second kappa shape index (κ2) is 7.21. The Bertz CT molecular complexity index is 730. The number of nitro benzene ring substituents is 1. The Kier molecular flexibility index (Phi) is 5.31. The van der Waals surface area contributed by atoms with E-state index in [-0.39, 0.29) is 23.6 Å². The molecule has 0 aliphatic rings. The van der Waals surface area contributed by atoms with Crippen LogP contribution in [0, 0.1) is 10.1 Å². The summed E-state index contributed by atoms with van der Waals surface area (Å²) in [7, 11) is 0. The Balaban J connectivity index is 2.26. The summed E-state index contributed by atoms with van der Waals surface area (Å²) in [6, 6.07) is 11.0. The molecule has 0 bridgehead atoms. The first-order chi connectivity index (χ1) is 10.9. The second-order valence-electron chi connectivity index (χ2n) is 4.99. The molecule has 0 heterocycles. The standard InChI is InChI=1S/C16H14ClNO5/c17-12-5-6-13(14(9-12)18(22)23)10-1-3-11(4-2-10)15(19)7-8-16(20)21/h1-6,9,15,19H,7-8H2,(H,20,21). The Morgan fingerprint density at radius 2 is 1.87 bits per heavy atom. The van der Waals surface area contributed by atoms with Gasteiger partial charge in [0.2, 0.25) is 0 Å². The van der Waals surface area contributed by atoms with Gasteiger partial charge in [0, 0.05) is 17.5 Å². The molecule has 0 aliphatic carbocycles. The molecule has 2 aromatic carbocycles. The van der Waals surface area contributed by atoms with Gasteiger partial charge in [0.15, 0.2) is 0 Å². The van der Waals surface area contributed by atoms with E-state index in [0.717, 1.165) is 0 Å². The Morgan fingerprint density at radius 3 is 2.43 bits per heavy atom. The number of hydrogen-bond acceptors (Lipinski definition) is 4. The van der Waals surface area contributed by atoms with Crippen LogP contribution in [0.4, 0.5) is 5.69 Å². The topological polar surface area (TPSA) is 101 Å². The summed E-state index contributed by atoms with van der Waals surface area (Å²) in [5.41, 5.74) is 1.50. The maximum Gasteiger partial charge on any atom is 0.303 e. The van der Waals surface area contributed by atoms with Crippen LogP contribution in [0.5, 0.6) is 0 Å². The molecule has 2 aromatic rings. The van der Waals surface area contributed by atoms with Gasteiger partial charge in [-0.2, -0.15) is 0 Å². The number of carboxylic acid groups (broad SMARTS) is 1. The molecular formula is C16H14ClNO5. The summed E-state index contributed by atoms with van der Waals surface area (Å²) in [6.07, 6.45) is -0.915. The SMILES string of the molecule is O=C(O)CCC(O)c1ccc(-c2ccc(Cl)cc2[N+](=O)[O-])cc1. The lowest BCUT2D eigenvalue weighted by molar-refractivity contribution is -0.384. The average Bonchev–Trinajstić information content (AvgIpc) is 2.52. The molecule has 2 N–H and O–H groups in total. The number of nitrogens with zero attached hydrogens (tertiary/aromatic N) is 1. The third-order valence-electron chi connectivity index (χ3n) is 3.39. The Morgan fingerprint density at radius 1 is 1.22 bits per heavy atom. The van der Waals surface area contributed by atoms with Crippen molar-refractivity contribution in [3.63, 3.8) is 0 Å². The largest absolute Gasteiger partial charge is 0.481 e. The van der Waals surface area contributed by atoms with E-state index in [1.165, 1.54) is 6.07 Å². The molecule has 23 heavy (non-hydrogen) atoms. The zero-order valence-corrected chi connectivity index (χ0v) is 12.7. The first kappa shape index (κ1) is 16.9. The number of benzene rings is 2. The van der Waals surface area contributed by atoms with Crippen LogP contribution in [0.1, 0.15) is 24.5 Å². The van der Waals surface area contributed by atoms with Gasteiger partial charge in [0.25, 0.3) is 5.69 Å². The molecule has 6 nitrogen and oxygen atoms in total. The van der Waals surface area contributed by atoms with Crippen molar-refractivity contribution in [1.29, 1.82) is 0 Å². The van der Waals surface area contributed by atoms with Crippen LogP contribution in [-0.4, -0.2) is 21.1 Å².